The molecule has 1 saturated heterocycles. The molecular formula is C16H27N3S. The van der Waals surface area contributed by atoms with Crippen molar-refractivity contribution in [1.29, 1.82) is 0 Å². The van der Waals surface area contributed by atoms with E-state index in [1.54, 1.807) is 0 Å². The molecule has 112 valence electrons. The minimum Gasteiger partial charge on any atom is -0.313 e. The van der Waals surface area contributed by atoms with Gasteiger partial charge < -0.3 is 5.32 Å². The molecule has 4 heteroatoms. The Bertz CT molecular complexity index is 447. The summed E-state index contributed by atoms with van der Waals surface area (Å²) in [6.07, 6.45) is 5.53. The molecule has 20 heavy (non-hydrogen) atoms. The van der Waals surface area contributed by atoms with E-state index < -0.39 is 0 Å². The Labute approximate surface area is 126 Å². The van der Waals surface area contributed by atoms with E-state index in [2.05, 4.69) is 31.0 Å². The number of aryl methyl sites for hydroxylation is 2. The Morgan fingerprint density at radius 2 is 2.10 bits per heavy atom. The molecule has 2 unspecified atom stereocenters. The quantitative estimate of drug-likeness (QED) is 0.872. The van der Waals surface area contributed by atoms with Gasteiger partial charge in [-0.05, 0) is 58.9 Å². The number of nitrogens with zero attached hydrogens (tertiary/aromatic N) is 2. The Kier molecular flexibility index (Phi) is 4.43. The van der Waals surface area contributed by atoms with Crippen LogP contribution in [0.1, 0.15) is 54.2 Å². The maximum Gasteiger partial charge on any atom is 0.0900 e. The van der Waals surface area contributed by atoms with Gasteiger partial charge in [0.1, 0.15) is 0 Å². The number of hydrogen-bond acceptors (Lipinski definition) is 4. The number of thiazole rings is 1. The van der Waals surface area contributed by atoms with Crippen molar-refractivity contribution >= 4 is 11.3 Å². The zero-order valence-corrected chi connectivity index (χ0v) is 13.8. The highest BCUT2D eigenvalue weighted by molar-refractivity contribution is 7.11. The van der Waals surface area contributed by atoms with E-state index in [0.29, 0.717) is 12.1 Å². The molecular weight excluding hydrogens is 266 g/mol. The predicted octanol–water partition coefficient (Wildman–Crippen LogP) is 3.28. The summed E-state index contributed by atoms with van der Waals surface area (Å²) in [5, 5.41) is 4.85. The van der Waals surface area contributed by atoms with Gasteiger partial charge in [0, 0.05) is 24.0 Å². The van der Waals surface area contributed by atoms with Crippen LogP contribution < -0.4 is 5.32 Å². The number of hydrogen-bond donors (Lipinski definition) is 1. The maximum atomic E-state index is 4.79. The summed E-state index contributed by atoms with van der Waals surface area (Å²) in [4.78, 5) is 8.87. The Morgan fingerprint density at radius 3 is 2.65 bits per heavy atom. The molecule has 3 rings (SSSR count). The molecule has 1 saturated carbocycles. The predicted molar refractivity (Wildman–Crippen MR) is 85.3 cm³/mol. The van der Waals surface area contributed by atoms with Gasteiger partial charge in [-0.15, -0.1) is 11.3 Å². The first kappa shape index (κ1) is 14.5. The molecule has 1 N–H and O–H groups in total. The third-order valence-electron chi connectivity index (χ3n) is 4.69. The van der Waals surface area contributed by atoms with E-state index in [-0.39, 0.29) is 0 Å². The summed E-state index contributed by atoms with van der Waals surface area (Å²) in [7, 11) is 0. The number of aromatic nitrogens is 1. The fraction of sp³-hybridized carbons (Fsp3) is 0.812. The van der Waals surface area contributed by atoms with Crippen LogP contribution in [0.4, 0.5) is 0 Å². The van der Waals surface area contributed by atoms with Crippen LogP contribution in [-0.4, -0.2) is 35.6 Å². The molecule has 2 aliphatic rings. The zero-order valence-electron chi connectivity index (χ0n) is 13.0. The first-order chi connectivity index (χ1) is 9.63. The average Bonchev–Trinajstić information content (AvgIpc) is 2.94. The van der Waals surface area contributed by atoms with Crippen molar-refractivity contribution in [3.05, 3.63) is 15.6 Å². The molecule has 1 aliphatic carbocycles. The standard InChI is InChI=1S/C16H27N3S/c1-11(16-12(2)20-13(3)18-16)19(9-14-6-7-14)10-15-5-4-8-17-15/h11,14-15,17H,4-10H2,1-3H3. The maximum absolute atomic E-state index is 4.79. The molecule has 0 radical (unpaired) electrons. The lowest BCUT2D eigenvalue weighted by molar-refractivity contribution is 0.181. The lowest BCUT2D eigenvalue weighted by Crippen LogP contribution is -2.40. The van der Waals surface area contributed by atoms with E-state index in [0.717, 1.165) is 5.92 Å². The van der Waals surface area contributed by atoms with Crippen LogP contribution in [0.5, 0.6) is 0 Å². The van der Waals surface area contributed by atoms with E-state index in [1.807, 2.05) is 11.3 Å². The Balaban J connectivity index is 1.70. The fourth-order valence-corrected chi connectivity index (χ4v) is 4.23. The lowest BCUT2D eigenvalue weighted by atomic mass is 10.1. The molecule has 2 fully saturated rings. The normalized spacial score (nSPS) is 24.5. The van der Waals surface area contributed by atoms with Gasteiger partial charge in [0.15, 0.2) is 0 Å². The van der Waals surface area contributed by atoms with Crippen molar-refractivity contribution in [2.45, 2.75) is 58.5 Å². The van der Waals surface area contributed by atoms with Gasteiger partial charge in [-0.2, -0.15) is 0 Å². The molecule has 2 atom stereocenters. The van der Waals surface area contributed by atoms with Crippen molar-refractivity contribution < 1.29 is 0 Å². The third kappa shape index (κ3) is 3.41. The second-order valence-corrected chi connectivity index (χ2v) is 7.95. The van der Waals surface area contributed by atoms with Gasteiger partial charge in [0.25, 0.3) is 0 Å². The van der Waals surface area contributed by atoms with Crippen molar-refractivity contribution in [3.8, 4) is 0 Å². The minimum atomic E-state index is 0.461. The van der Waals surface area contributed by atoms with E-state index in [9.17, 15) is 0 Å². The molecule has 1 aliphatic heterocycles. The molecule has 2 heterocycles. The summed E-state index contributed by atoms with van der Waals surface area (Å²) in [5.74, 6) is 0.943. The molecule has 0 bridgehead atoms. The molecule has 0 spiro atoms. The monoisotopic (exact) mass is 293 g/mol. The molecule has 1 aromatic heterocycles. The Hall–Kier alpha value is -0.450. The first-order valence-corrected chi connectivity index (χ1v) is 8.86. The van der Waals surface area contributed by atoms with Gasteiger partial charge in [0.05, 0.1) is 16.7 Å². The van der Waals surface area contributed by atoms with Crippen molar-refractivity contribution in [3.63, 3.8) is 0 Å². The largest absolute Gasteiger partial charge is 0.313 e. The topological polar surface area (TPSA) is 28.2 Å². The average molecular weight is 293 g/mol. The van der Waals surface area contributed by atoms with Crippen molar-refractivity contribution in [2.24, 2.45) is 5.92 Å². The van der Waals surface area contributed by atoms with Crippen molar-refractivity contribution in [1.82, 2.24) is 15.2 Å². The highest BCUT2D eigenvalue weighted by atomic mass is 32.1. The second-order valence-electron chi connectivity index (χ2n) is 6.54. The second kappa shape index (κ2) is 6.12. The number of nitrogens with one attached hydrogen (secondary N) is 1. The fourth-order valence-electron chi connectivity index (χ4n) is 3.32. The van der Waals surface area contributed by atoms with Crippen LogP contribution >= 0.6 is 11.3 Å². The molecule has 0 aromatic carbocycles. The Morgan fingerprint density at radius 1 is 1.30 bits per heavy atom. The molecule has 3 nitrogen and oxygen atoms in total. The van der Waals surface area contributed by atoms with E-state index >= 15 is 0 Å². The van der Waals surface area contributed by atoms with Crippen molar-refractivity contribution in [2.75, 3.05) is 19.6 Å². The SMILES string of the molecule is Cc1nc(C(C)N(CC2CC2)CC2CCCN2)c(C)s1. The smallest absolute Gasteiger partial charge is 0.0900 e. The van der Waals surface area contributed by atoms with E-state index in [4.69, 9.17) is 4.98 Å². The highest BCUT2D eigenvalue weighted by Crippen LogP contribution is 2.34. The van der Waals surface area contributed by atoms with Crippen LogP contribution in [0.3, 0.4) is 0 Å². The minimum absolute atomic E-state index is 0.461. The van der Waals surface area contributed by atoms with Crippen LogP contribution in [0.25, 0.3) is 0 Å². The summed E-state index contributed by atoms with van der Waals surface area (Å²) in [6.45, 7) is 10.3. The summed E-state index contributed by atoms with van der Waals surface area (Å²) < 4.78 is 0. The van der Waals surface area contributed by atoms with Gasteiger partial charge in [-0.3, -0.25) is 4.90 Å². The lowest BCUT2D eigenvalue weighted by Gasteiger charge is -2.31. The van der Waals surface area contributed by atoms with Crippen LogP contribution in [0.2, 0.25) is 0 Å². The van der Waals surface area contributed by atoms with Crippen LogP contribution in [-0.2, 0) is 0 Å². The van der Waals surface area contributed by atoms with Crippen LogP contribution in [0, 0.1) is 19.8 Å². The summed E-state index contributed by atoms with van der Waals surface area (Å²) >= 11 is 1.84. The van der Waals surface area contributed by atoms with Gasteiger partial charge in [-0.1, -0.05) is 0 Å². The van der Waals surface area contributed by atoms with Crippen LogP contribution in [0.15, 0.2) is 0 Å². The number of rotatable bonds is 6. The summed E-state index contributed by atoms with van der Waals surface area (Å²) in [6, 6.07) is 1.15. The van der Waals surface area contributed by atoms with Gasteiger partial charge in [0.2, 0.25) is 0 Å². The highest BCUT2D eigenvalue weighted by Gasteiger charge is 2.30. The third-order valence-corrected chi connectivity index (χ3v) is 5.59. The van der Waals surface area contributed by atoms with E-state index in [1.165, 1.54) is 60.9 Å². The molecule has 0 amide bonds. The molecule has 1 aromatic rings. The van der Waals surface area contributed by atoms with Gasteiger partial charge >= 0.3 is 0 Å². The van der Waals surface area contributed by atoms with Gasteiger partial charge in [-0.25, -0.2) is 4.98 Å². The first-order valence-electron chi connectivity index (χ1n) is 8.05. The zero-order chi connectivity index (χ0) is 14.1. The summed E-state index contributed by atoms with van der Waals surface area (Å²) in [5.41, 5.74) is 1.31.